The number of aryl methyl sites for hydroxylation is 1. The first-order valence-corrected chi connectivity index (χ1v) is 6.10. The summed E-state index contributed by atoms with van der Waals surface area (Å²) in [5, 5.41) is 23.9. The minimum absolute atomic E-state index is 0.0380. The Labute approximate surface area is 110 Å². The molecule has 0 bridgehead atoms. The number of nitro groups is 1. The molecular formula is C13H15N3O3. The molecule has 100 valence electrons. The number of nitro benzene ring substituents is 1. The summed E-state index contributed by atoms with van der Waals surface area (Å²) in [5.41, 5.74) is 2.21. The Morgan fingerprint density at radius 2 is 2.21 bits per heavy atom. The van der Waals surface area contributed by atoms with Crippen molar-refractivity contribution in [1.29, 1.82) is 0 Å². The van der Waals surface area contributed by atoms with Gasteiger partial charge in [-0.1, -0.05) is 12.1 Å². The fourth-order valence-corrected chi connectivity index (χ4v) is 2.21. The largest absolute Gasteiger partial charge is 0.411 e. The molecule has 2 rings (SSSR count). The first-order valence-electron chi connectivity index (χ1n) is 6.10. The zero-order valence-corrected chi connectivity index (χ0v) is 10.8. The van der Waals surface area contributed by atoms with E-state index in [1.807, 2.05) is 24.6 Å². The number of aromatic nitrogens is 1. The Bertz CT molecular complexity index is 658. The summed E-state index contributed by atoms with van der Waals surface area (Å²) in [5.74, 6) is 0. The highest BCUT2D eigenvalue weighted by Crippen LogP contribution is 2.27. The van der Waals surface area contributed by atoms with Crippen LogP contribution in [0.4, 0.5) is 5.69 Å². The van der Waals surface area contributed by atoms with Crippen LogP contribution < -0.4 is 0 Å². The van der Waals surface area contributed by atoms with Crippen molar-refractivity contribution in [3.05, 3.63) is 40.1 Å². The van der Waals surface area contributed by atoms with Gasteiger partial charge in [-0.3, -0.25) is 10.1 Å². The molecule has 19 heavy (non-hydrogen) atoms. The summed E-state index contributed by atoms with van der Waals surface area (Å²) in [7, 11) is 0. The van der Waals surface area contributed by atoms with E-state index in [1.54, 1.807) is 6.07 Å². The van der Waals surface area contributed by atoms with E-state index in [-0.39, 0.29) is 5.69 Å². The van der Waals surface area contributed by atoms with Gasteiger partial charge in [-0.2, -0.15) is 0 Å². The summed E-state index contributed by atoms with van der Waals surface area (Å²) in [6.07, 6.45) is 2.43. The minimum Gasteiger partial charge on any atom is -0.411 e. The molecule has 6 nitrogen and oxygen atoms in total. The molecule has 0 aliphatic carbocycles. The number of non-ortho nitro benzene ring substituents is 1. The van der Waals surface area contributed by atoms with E-state index in [1.165, 1.54) is 12.1 Å². The van der Waals surface area contributed by atoms with Crippen molar-refractivity contribution in [2.24, 2.45) is 5.16 Å². The number of rotatable bonds is 4. The molecular weight excluding hydrogens is 246 g/mol. The van der Waals surface area contributed by atoms with Gasteiger partial charge in [-0.15, -0.1) is 0 Å². The molecule has 6 heteroatoms. The SMILES string of the molecule is CCC(=NO)c1cn(CC)c2ccc([N+](=O)[O-])cc12. The summed E-state index contributed by atoms with van der Waals surface area (Å²) >= 11 is 0. The van der Waals surface area contributed by atoms with Crippen molar-refractivity contribution in [3.8, 4) is 0 Å². The zero-order valence-electron chi connectivity index (χ0n) is 10.8. The monoisotopic (exact) mass is 261 g/mol. The fourth-order valence-electron chi connectivity index (χ4n) is 2.21. The second-order valence-electron chi connectivity index (χ2n) is 4.19. The lowest BCUT2D eigenvalue weighted by Crippen LogP contribution is -1.98. The second-order valence-corrected chi connectivity index (χ2v) is 4.19. The van der Waals surface area contributed by atoms with E-state index in [0.717, 1.165) is 23.0 Å². The number of benzene rings is 1. The Hall–Kier alpha value is -2.37. The van der Waals surface area contributed by atoms with Crippen LogP contribution in [0, 0.1) is 10.1 Å². The Balaban J connectivity index is 2.75. The van der Waals surface area contributed by atoms with Crippen LogP contribution in [0.15, 0.2) is 29.6 Å². The standard InChI is InChI=1S/C13H15N3O3/c1-3-12(14-17)11-8-15(4-2)13-6-5-9(16(18)19)7-10(11)13/h5-8,17H,3-4H2,1-2H3. The molecule has 0 fully saturated rings. The van der Waals surface area contributed by atoms with Gasteiger partial charge in [-0.25, -0.2) is 0 Å². The number of oxime groups is 1. The summed E-state index contributed by atoms with van der Waals surface area (Å²) in [6, 6.07) is 4.74. The minimum atomic E-state index is -0.422. The molecule has 0 radical (unpaired) electrons. The van der Waals surface area contributed by atoms with Crippen molar-refractivity contribution in [2.75, 3.05) is 0 Å². The van der Waals surface area contributed by atoms with Gasteiger partial charge in [0.15, 0.2) is 0 Å². The molecule has 0 aliphatic rings. The van der Waals surface area contributed by atoms with Crippen LogP contribution in [-0.4, -0.2) is 20.4 Å². The molecule has 2 aromatic rings. The van der Waals surface area contributed by atoms with Crippen molar-refractivity contribution in [3.63, 3.8) is 0 Å². The van der Waals surface area contributed by atoms with Gasteiger partial charge in [0.25, 0.3) is 5.69 Å². The third kappa shape index (κ3) is 2.16. The van der Waals surface area contributed by atoms with Crippen LogP contribution in [0.25, 0.3) is 10.9 Å². The topological polar surface area (TPSA) is 80.7 Å². The van der Waals surface area contributed by atoms with Gasteiger partial charge < -0.3 is 9.77 Å². The average molecular weight is 261 g/mol. The van der Waals surface area contributed by atoms with Crippen molar-refractivity contribution in [1.82, 2.24) is 4.57 Å². The molecule has 0 saturated heterocycles. The van der Waals surface area contributed by atoms with E-state index in [2.05, 4.69) is 5.16 Å². The predicted octanol–water partition coefficient (Wildman–Crippen LogP) is 3.16. The van der Waals surface area contributed by atoms with E-state index in [0.29, 0.717) is 12.1 Å². The number of fused-ring (bicyclic) bond motifs is 1. The van der Waals surface area contributed by atoms with Gasteiger partial charge in [-0.05, 0) is 19.4 Å². The molecule has 0 amide bonds. The highest BCUT2D eigenvalue weighted by atomic mass is 16.6. The quantitative estimate of drug-likeness (QED) is 0.397. The van der Waals surface area contributed by atoms with E-state index in [4.69, 9.17) is 5.21 Å². The summed E-state index contributed by atoms with van der Waals surface area (Å²) in [6.45, 7) is 4.62. The molecule has 0 atom stereocenters. The highest BCUT2D eigenvalue weighted by molar-refractivity contribution is 6.11. The van der Waals surface area contributed by atoms with E-state index >= 15 is 0 Å². The van der Waals surface area contributed by atoms with E-state index < -0.39 is 4.92 Å². The molecule has 0 spiro atoms. The van der Waals surface area contributed by atoms with Crippen LogP contribution in [0.3, 0.4) is 0 Å². The Morgan fingerprint density at radius 3 is 2.74 bits per heavy atom. The molecule has 1 N–H and O–H groups in total. The average Bonchev–Trinajstić information content (AvgIpc) is 2.78. The zero-order chi connectivity index (χ0) is 14.0. The maximum absolute atomic E-state index is 10.9. The lowest BCUT2D eigenvalue weighted by Gasteiger charge is -1.99. The maximum atomic E-state index is 10.9. The summed E-state index contributed by atoms with van der Waals surface area (Å²) in [4.78, 5) is 10.4. The van der Waals surface area contributed by atoms with Crippen LogP contribution in [0.5, 0.6) is 0 Å². The first kappa shape index (κ1) is 13.1. The number of nitrogens with zero attached hydrogens (tertiary/aromatic N) is 3. The fraction of sp³-hybridized carbons (Fsp3) is 0.308. The lowest BCUT2D eigenvalue weighted by atomic mass is 10.1. The van der Waals surface area contributed by atoms with Gasteiger partial charge in [0.05, 0.1) is 10.6 Å². The lowest BCUT2D eigenvalue weighted by molar-refractivity contribution is -0.384. The first-order chi connectivity index (χ1) is 9.12. The third-order valence-corrected chi connectivity index (χ3v) is 3.18. The Morgan fingerprint density at radius 1 is 1.47 bits per heavy atom. The molecule has 0 saturated carbocycles. The third-order valence-electron chi connectivity index (χ3n) is 3.18. The highest BCUT2D eigenvalue weighted by Gasteiger charge is 2.15. The molecule has 1 aromatic heterocycles. The smallest absolute Gasteiger partial charge is 0.270 e. The normalized spacial score (nSPS) is 12.0. The van der Waals surface area contributed by atoms with Crippen LogP contribution >= 0.6 is 0 Å². The molecule has 1 heterocycles. The molecule has 0 aliphatic heterocycles. The predicted molar refractivity (Wildman–Crippen MR) is 72.9 cm³/mol. The van der Waals surface area contributed by atoms with Gasteiger partial charge in [0.2, 0.25) is 0 Å². The van der Waals surface area contributed by atoms with Gasteiger partial charge in [0, 0.05) is 41.3 Å². The van der Waals surface area contributed by atoms with Gasteiger partial charge in [0.1, 0.15) is 0 Å². The van der Waals surface area contributed by atoms with Gasteiger partial charge >= 0.3 is 0 Å². The van der Waals surface area contributed by atoms with Crippen LogP contribution in [0.2, 0.25) is 0 Å². The van der Waals surface area contributed by atoms with Crippen molar-refractivity contribution >= 4 is 22.3 Å². The van der Waals surface area contributed by atoms with Crippen molar-refractivity contribution < 1.29 is 10.1 Å². The van der Waals surface area contributed by atoms with E-state index in [9.17, 15) is 10.1 Å². The number of hydrogen-bond acceptors (Lipinski definition) is 4. The number of hydrogen-bond donors (Lipinski definition) is 1. The molecule has 0 unspecified atom stereocenters. The van der Waals surface area contributed by atoms with Crippen LogP contribution in [-0.2, 0) is 6.54 Å². The summed E-state index contributed by atoms with van der Waals surface area (Å²) < 4.78 is 1.98. The Kier molecular flexibility index (Phi) is 3.50. The van der Waals surface area contributed by atoms with Crippen molar-refractivity contribution in [2.45, 2.75) is 26.8 Å². The molecule has 1 aromatic carbocycles. The van der Waals surface area contributed by atoms with Crippen LogP contribution in [0.1, 0.15) is 25.8 Å². The second kappa shape index (κ2) is 5.09. The maximum Gasteiger partial charge on any atom is 0.270 e.